The molecule has 1 saturated carbocycles. The second kappa shape index (κ2) is 7.23. The van der Waals surface area contributed by atoms with Crippen molar-refractivity contribution in [3.63, 3.8) is 0 Å². The summed E-state index contributed by atoms with van der Waals surface area (Å²) in [5.74, 6) is 0.123. The Labute approximate surface area is 158 Å². The summed E-state index contributed by atoms with van der Waals surface area (Å²) in [5, 5.41) is 5.25. The van der Waals surface area contributed by atoms with Crippen molar-refractivity contribution in [1.29, 1.82) is 0 Å². The highest BCUT2D eigenvalue weighted by Gasteiger charge is 2.17. The molecule has 2 heterocycles. The van der Waals surface area contributed by atoms with Gasteiger partial charge in [-0.05, 0) is 43.9 Å². The monoisotopic (exact) mass is 367 g/mol. The lowest BCUT2D eigenvalue weighted by atomic mass is 9.95. The minimum absolute atomic E-state index is 0.123. The number of carbonyl (C=O) groups is 1. The average Bonchev–Trinajstić information content (AvgIpc) is 3.20. The number of rotatable bonds is 4. The maximum absolute atomic E-state index is 12.4. The molecule has 1 N–H and O–H groups in total. The quantitative estimate of drug-likeness (QED) is 0.728. The van der Waals surface area contributed by atoms with Crippen LogP contribution >= 0.6 is 11.3 Å². The molecular weight excluding hydrogens is 342 g/mol. The summed E-state index contributed by atoms with van der Waals surface area (Å²) in [5.41, 5.74) is 5.66. The number of hydrogen-bond donors (Lipinski definition) is 1. The van der Waals surface area contributed by atoms with Gasteiger partial charge in [-0.1, -0.05) is 31.4 Å². The minimum Gasteiger partial charge on any atom is -0.353 e. The molecule has 1 fully saturated rings. The lowest BCUT2D eigenvalue weighted by molar-refractivity contribution is -0.121. The molecule has 3 aromatic rings. The first kappa shape index (κ1) is 17.3. The van der Waals surface area contributed by atoms with Crippen LogP contribution in [-0.2, 0) is 11.2 Å². The van der Waals surface area contributed by atoms with Crippen LogP contribution in [0.3, 0.4) is 0 Å². The van der Waals surface area contributed by atoms with Gasteiger partial charge in [0.1, 0.15) is 0 Å². The molecule has 1 aliphatic carbocycles. The van der Waals surface area contributed by atoms with E-state index in [2.05, 4.69) is 48.0 Å². The Morgan fingerprint density at radius 2 is 2.04 bits per heavy atom. The topological polar surface area (TPSA) is 46.4 Å². The molecule has 0 radical (unpaired) electrons. The fourth-order valence-corrected chi connectivity index (χ4v) is 4.56. The maximum Gasteiger partial charge on any atom is 0.226 e. The van der Waals surface area contributed by atoms with Gasteiger partial charge in [0, 0.05) is 28.9 Å². The molecule has 0 atom stereocenters. The summed E-state index contributed by atoms with van der Waals surface area (Å²) in [6, 6.07) is 6.79. The number of benzene rings is 1. The second-order valence-corrected chi connectivity index (χ2v) is 8.22. The van der Waals surface area contributed by atoms with Crippen molar-refractivity contribution in [2.45, 2.75) is 58.4 Å². The van der Waals surface area contributed by atoms with Crippen molar-refractivity contribution in [1.82, 2.24) is 14.7 Å². The molecule has 4 nitrogen and oxygen atoms in total. The lowest BCUT2D eigenvalue weighted by Crippen LogP contribution is -2.37. The Morgan fingerprint density at radius 1 is 1.23 bits per heavy atom. The van der Waals surface area contributed by atoms with Gasteiger partial charge in [-0.2, -0.15) is 0 Å². The number of thiazole rings is 1. The van der Waals surface area contributed by atoms with Crippen molar-refractivity contribution in [2.75, 3.05) is 0 Å². The lowest BCUT2D eigenvalue weighted by Gasteiger charge is -2.22. The molecule has 136 valence electrons. The molecule has 1 aliphatic rings. The maximum atomic E-state index is 12.4. The van der Waals surface area contributed by atoms with Gasteiger partial charge in [-0.3, -0.25) is 9.20 Å². The highest BCUT2D eigenvalue weighted by molar-refractivity contribution is 7.15. The van der Waals surface area contributed by atoms with E-state index in [0.717, 1.165) is 34.8 Å². The molecule has 0 spiro atoms. The summed E-state index contributed by atoms with van der Waals surface area (Å²) >= 11 is 1.60. The van der Waals surface area contributed by atoms with Crippen LogP contribution in [0.25, 0.3) is 16.2 Å². The van der Waals surface area contributed by atoms with Crippen LogP contribution in [0.5, 0.6) is 0 Å². The molecule has 0 bridgehead atoms. The first-order valence-electron chi connectivity index (χ1n) is 9.42. The third kappa shape index (κ3) is 3.54. The third-order valence-corrected chi connectivity index (χ3v) is 6.29. The number of aromatic nitrogens is 2. The van der Waals surface area contributed by atoms with Crippen LogP contribution in [-0.4, -0.2) is 21.3 Å². The number of carbonyl (C=O) groups excluding carboxylic acids is 1. The summed E-state index contributed by atoms with van der Waals surface area (Å²) in [7, 11) is 0. The summed E-state index contributed by atoms with van der Waals surface area (Å²) < 4.78 is 2.07. The van der Waals surface area contributed by atoms with Gasteiger partial charge in [-0.15, -0.1) is 11.3 Å². The molecule has 0 aliphatic heterocycles. The SMILES string of the molecule is Cc1ccc(-c2cn3c(CC(=O)NC4CCCCC4)csc3n2)cc1C. The largest absolute Gasteiger partial charge is 0.353 e. The Hall–Kier alpha value is -2.14. The molecular formula is C21H25N3OS. The van der Waals surface area contributed by atoms with Gasteiger partial charge >= 0.3 is 0 Å². The van der Waals surface area contributed by atoms with Gasteiger partial charge in [0.2, 0.25) is 5.91 Å². The Kier molecular flexibility index (Phi) is 4.81. The number of hydrogen-bond acceptors (Lipinski definition) is 3. The molecule has 5 heteroatoms. The molecule has 1 amide bonds. The predicted octanol–water partition coefficient (Wildman–Crippen LogP) is 4.67. The van der Waals surface area contributed by atoms with Crippen LogP contribution < -0.4 is 5.32 Å². The standard InChI is InChI=1S/C21H25N3OS/c1-14-8-9-16(10-15(14)2)19-12-24-18(13-26-21(24)23-19)11-20(25)22-17-6-4-3-5-7-17/h8-10,12-13,17H,3-7,11H2,1-2H3,(H,22,25). The smallest absolute Gasteiger partial charge is 0.226 e. The van der Waals surface area contributed by atoms with Crippen molar-refractivity contribution >= 4 is 22.2 Å². The van der Waals surface area contributed by atoms with E-state index in [0.29, 0.717) is 12.5 Å². The van der Waals surface area contributed by atoms with Crippen molar-refractivity contribution in [2.24, 2.45) is 0 Å². The van der Waals surface area contributed by atoms with Gasteiger partial charge in [-0.25, -0.2) is 4.98 Å². The normalized spacial score (nSPS) is 15.5. The Bertz CT molecular complexity index is 934. The van der Waals surface area contributed by atoms with E-state index in [4.69, 9.17) is 4.98 Å². The van der Waals surface area contributed by atoms with E-state index in [1.807, 2.05) is 5.38 Å². The first-order valence-corrected chi connectivity index (χ1v) is 10.3. The zero-order valence-corrected chi connectivity index (χ0v) is 16.2. The van der Waals surface area contributed by atoms with Gasteiger partial charge in [0.15, 0.2) is 4.96 Å². The van der Waals surface area contributed by atoms with Crippen LogP contribution in [0.4, 0.5) is 0 Å². The first-order chi connectivity index (χ1) is 12.6. The fourth-order valence-electron chi connectivity index (χ4n) is 3.69. The highest BCUT2D eigenvalue weighted by Crippen LogP contribution is 2.25. The third-order valence-electron chi connectivity index (χ3n) is 5.40. The zero-order chi connectivity index (χ0) is 18.1. The molecule has 1 aromatic carbocycles. The molecule has 2 aromatic heterocycles. The average molecular weight is 368 g/mol. The van der Waals surface area contributed by atoms with E-state index in [9.17, 15) is 4.79 Å². The summed E-state index contributed by atoms with van der Waals surface area (Å²) in [6.45, 7) is 4.24. The molecule has 0 unspecified atom stereocenters. The van der Waals surface area contributed by atoms with E-state index < -0.39 is 0 Å². The number of nitrogens with zero attached hydrogens (tertiary/aromatic N) is 2. The van der Waals surface area contributed by atoms with Gasteiger partial charge in [0.25, 0.3) is 0 Å². The number of nitrogens with one attached hydrogen (secondary N) is 1. The fraction of sp³-hybridized carbons (Fsp3) is 0.429. The van der Waals surface area contributed by atoms with Crippen LogP contribution in [0.1, 0.15) is 48.9 Å². The number of fused-ring (bicyclic) bond motifs is 1. The number of imidazole rings is 1. The number of amides is 1. The van der Waals surface area contributed by atoms with Crippen LogP contribution in [0.15, 0.2) is 29.8 Å². The molecule has 26 heavy (non-hydrogen) atoms. The van der Waals surface area contributed by atoms with E-state index >= 15 is 0 Å². The summed E-state index contributed by atoms with van der Waals surface area (Å²) in [6.07, 6.45) is 8.47. The van der Waals surface area contributed by atoms with Gasteiger partial charge in [0.05, 0.1) is 12.1 Å². The molecule has 4 rings (SSSR count). The number of aryl methyl sites for hydroxylation is 2. The Morgan fingerprint density at radius 3 is 2.81 bits per heavy atom. The van der Waals surface area contributed by atoms with Crippen LogP contribution in [0.2, 0.25) is 0 Å². The van der Waals surface area contributed by atoms with Crippen molar-refractivity contribution in [3.8, 4) is 11.3 Å². The second-order valence-electron chi connectivity index (χ2n) is 7.38. The minimum atomic E-state index is 0.123. The highest BCUT2D eigenvalue weighted by atomic mass is 32.1. The van der Waals surface area contributed by atoms with E-state index in [1.165, 1.54) is 30.4 Å². The molecule has 0 saturated heterocycles. The van der Waals surface area contributed by atoms with E-state index in [1.54, 1.807) is 11.3 Å². The summed E-state index contributed by atoms with van der Waals surface area (Å²) in [4.78, 5) is 18.1. The van der Waals surface area contributed by atoms with Gasteiger partial charge < -0.3 is 5.32 Å². The van der Waals surface area contributed by atoms with Crippen molar-refractivity contribution < 1.29 is 4.79 Å². The Balaban J connectivity index is 1.52. The van der Waals surface area contributed by atoms with Crippen LogP contribution in [0, 0.1) is 13.8 Å². The van der Waals surface area contributed by atoms with Crippen molar-refractivity contribution in [3.05, 3.63) is 46.6 Å². The van der Waals surface area contributed by atoms with E-state index in [-0.39, 0.29) is 5.91 Å². The predicted molar refractivity (Wildman–Crippen MR) is 107 cm³/mol. The zero-order valence-electron chi connectivity index (χ0n) is 15.4.